The van der Waals surface area contributed by atoms with Gasteiger partial charge in [-0.25, -0.2) is 0 Å². The normalized spacial score (nSPS) is 12.7. The fraction of sp³-hybridized carbons (Fsp3) is 0.333. The summed E-state index contributed by atoms with van der Waals surface area (Å²) in [6.45, 7) is 2.02. The lowest BCUT2D eigenvalue weighted by Gasteiger charge is -2.19. The third-order valence-electron chi connectivity index (χ3n) is 2.86. The van der Waals surface area contributed by atoms with Crippen LogP contribution < -0.4 is 5.32 Å². The maximum absolute atomic E-state index is 4.33. The average molecular weight is 295 g/mol. The summed E-state index contributed by atoms with van der Waals surface area (Å²) in [6, 6.07) is 4.13. The van der Waals surface area contributed by atoms with E-state index in [0.29, 0.717) is 0 Å². The molecule has 90 valence electrons. The number of hydrogen-bond donors (Lipinski definition) is 1. The van der Waals surface area contributed by atoms with E-state index in [9.17, 15) is 0 Å². The highest BCUT2D eigenvalue weighted by Crippen LogP contribution is 2.28. The van der Waals surface area contributed by atoms with E-state index in [4.69, 9.17) is 0 Å². The summed E-state index contributed by atoms with van der Waals surface area (Å²) < 4.78 is 2.88. The van der Waals surface area contributed by atoms with Crippen molar-refractivity contribution in [3.63, 3.8) is 0 Å². The van der Waals surface area contributed by atoms with Crippen LogP contribution >= 0.6 is 15.9 Å². The van der Waals surface area contributed by atoms with Crippen LogP contribution in [0.1, 0.15) is 23.0 Å². The lowest BCUT2D eigenvalue weighted by molar-refractivity contribution is 0.599. The van der Waals surface area contributed by atoms with Crippen LogP contribution in [0.4, 0.5) is 0 Å². The Morgan fingerprint density at radius 2 is 2.24 bits per heavy atom. The first kappa shape index (κ1) is 12.3. The van der Waals surface area contributed by atoms with E-state index in [-0.39, 0.29) is 6.04 Å². The van der Waals surface area contributed by atoms with Crippen LogP contribution in [0.3, 0.4) is 0 Å². The fourth-order valence-corrected chi connectivity index (χ4v) is 2.56. The molecule has 0 spiro atoms. The van der Waals surface area contributed by atoms with Crippen molar-refractivity contribution in [2.24, 2.45) is 7.05 Å². The summed E-state index contributed by atoms with van der Waals surface area (Å²) in [6.07, 6.45) is 3.62. The van der Waals surface area contributed by atoms with Gasteiger partial charge in [-0.2, -0.15) is 5.10 Å². The lowest BCUT2D eigenvalue weighted by Crippen LogP contribution is -2.22. The second-order valence-electron chi connectivity index (χ2n) is 3.90. The zero-order chi connectivity index (χ0) is 12.4. The Labute approximate surface area is 109 Å². The summed E-state index contributed by atoms with van der Waals surface area (Å²) in [7, 11) is 3.88. The van der Waals surface area contributed by atoms with Gasteiger partial charge in [-0.15, -0.1) is 0 Å². The molecule has 0 aliphatic rings. The zero-order valence-corrected chi connectivity index (χ0v) is 11.7. The molecule has 0 saturated carbocycles. The van der Waals surface area contributed by atoms with Crippen molar-refractivity contribution in [2.75, 3.05) is 7.05 Å². The van der Waals surface area contributed by atoms with Crippen molar-refractivity contribution in [1.82, 2.24) is 20.1 Å². The molecule has 0 bridgehead atoms. The van der Waals surface area contributed by atoms with Crippen molar-refractivity contribution >= 4 is 15.9 Å². The van der Waals surface area contributed by atoms with E-state index in [1.165, 1.54) is 5.56 Å². The number of aryl methyl sites for hydroxylation is 2. The minimum atomic E-state index is 0.0885. The number of nitrogens with zero attached hydrogens (tertiary/aromatic N) is 3. The van der Waals surface area contributed by atoms with Crippen molar-refractivity contribution in [3.05, 3.63) is 46.0 Å². The predicted octanol–water partition coefficient (Wildman–Crippen LogP) is 2.19. The van der Waals surface area contributed by atoms with Crippen LogP contribution in [0.2, 0.25) is 0 Å². The van der Waals surface area contributed by atoms with Gasteiger partial charge in [0.05, 0.1) is 22.4 Å². The lowest BCUT2D eigenvalue weighted by atomic mass is 10.0. The van der Waals surface area contributed by atoms with E-state index in [1.54, 1.807) is 0 Å². The minimum absolute atomic E-state index is 0.0885. The van der Waals surface area contributed by atoms with Gasteiger partial charge in [-0.3, -0.25) is 9.67 Å². The molecule has 1 N–H and O–H groups in total. The first-order valence-corrected chi connectivity index (χ1v) is 6.20. The molecule has 0 aliphatic carbocycles. The first-order chi connectivity index (χ1) is 8.15. The van der Waals surface area contributed by atoms with Crippen LogP contribution in [-0.2, 0) is 7.05 Å². The van der Waals surface area contributed by atoms with Gasteiger partial charge in [-0.1, -0.05) is 6.07 Å². The second kappa shape index (κ2) is 4.98. The van der Waals surface area contributed by atoms with Crippen molar-refractivity contribution < 1.29 is 0 Å². The van der Waals surface area contributed by atoms with E-state index < -0.39 is 0 Å². The van der Waals surface area contributed by atoms with Gasteiger partial charge in [0.15, 0.2) is 0 Å². The van der Waals surface area contributed by atoms with Gasteiger partial charge in [0.25, 0.3) is 0 Å². The predicted molar refractivity (Wildman–Crippen MR) is 70.8 cm³/mol. The quantitative estimate of drug-likeness (QED) is 0.944. The molecule has 1 unspecified atom stereocenters. The number of aromatic nitrogens is 3. The molecule has 5 heteroatoms. The largest absolute Gasteiger partial charge is 0.308 e. The Morgan fingerprint density at radius 3 is 2.76 bits per heavy atom. The topological polar surface area (TPSA) is 42.7 Å². The Hall–Kier alpha value is -1.20. The summed E-state index contributed by atoms with van der Waals surface area (Å²) in [5.41, 5.74) is 3.29. The Morgan fingerprint density at radius 1 is 1.47 bits per heavy atom. The highest BCUT2D eigenvalue weighted by molar-refractivity contribution is 9.10. The third kappa shape index (κ3) is 2.25. The average Bonchev–Trinajstić information content (AvgIpc) is 2.64. The maximum Gasteiger partial charge on any atom is 0.0774 e. The molecule has 2 heterocycles. The molecule has 4 nitrogen and oxygen atoms in total. The number of halogens is 1. The Kier molecular flexibility index (Phi) is 3.59. The van der Waals surface area contributed by atoms with Gasteiger partial charge in [-0.05, 0) is 41.5 Å². The highest BCUT2D eigenvalue weighted by Gasteiger charge is 2.20. The number of hydrogen-bond acceptors (Lipinski definition) is 3. The molecule has 0 aromatic carbocycles. The highest BCUT2D eigenvalue weighted by atomic mass is 79.9. The standard InChI is InChI=1S/C12H15BrN4/c1-8-9(5-4-6-15-8)11(14-2)12-10(13)7-16-17(12)3/h4-7,11,14H,1-3H3. The van der Waals surface area contributed by atoms with Crippen LogP contribution in [0.25, 0.3) is 0 Å². The van der Waals surface area contributed by atoms with Crippen LogP contribution in [0.15, 0.2) is 29.0 Å². The fourth-order valence-electron chi connectivity index (χ4n) is 1.99. The van der Waals surface area contributed by atoms with Gasteiger partial charge in [0, 0.05) is 18.9 Å². The molecular weight excluding hydrogens is 280 g/mol. The number of nitrogens with one attached hydrogen (secondary N) is 1. The van der Waals surface area contributed by atoms with Crippen LogP contribution in [0, 0.1) is 6.92 Å². The van der Waals surface area contributed by atoms with Crippen LogP contribution in [0.5, 0.6) is 0 Å². The van der Waals surface area contributed by atoms with E-state index >= 15 is 0 Å². The Bertz CT molecular complexity index is 501. The van der Waals surface area contributed by atoms with Gasteiger partial charge >= 0.3 is 0 Å². The summed E-state index contributed by atoms with van der Waals surface area (Å²) in [4.78, 5) is 4.33. The maximum atomic E-state index is 4.33. The van der Waals surface area contributed by atoms with E-state index in [0.717, 1.165) is 15.9 Å². The van der Waals surface area contributed by atoms with Gasteiger partial charge < -0.3 is 5.32 Å². The summed E-state index contributed by atoms with van der Waals surface area (Å²) >= 11 is 3.54. The van der Waals surface area contributed by atoms with Crippen molar-refractivity contribution in [2.45, 2.75) is 13.0 Å². The monoisotopic (exact) mass is 294 g/mol. The molecule has 1 atom stereocenters. The van der Waals surface area contributed by atoms with Crippen LogP contribution in [-0.4, -0.2) is 21.8 Å². The Balaban J connectivity index is 2.52. The second-order valence-corrected chi connectivity index (χ2v) is 4.76. The summed E-state index contributed by atoms with van der Waals surface area (Å²) in [5, 5.41) is 7.56. The zero-order valence-electron chi connectivity index (χ0n) is 10.1. The number of pyridine rings is 1. The smallest absolute Gasteiger partial charge is 0.0774 e. The summed E-state index contributed by atoms with van der Waals surface area (Å²) in [5.74, 6) is 0. The third-order valence-corrected chi connectivity index (χ3v) is 3.47. The SMILES string of the molecule is CNC(c1cccnc1C)c1c(Br)cnn1C. The molecule has 2 aromatic heterocycles. The van der Waals surface area contributed by atoms with Gasteiger partial charge in [0.2, 0.25) is 0 Å². The molecule has 0 amide bonds. The molecule has 2 rings (SSSR count). The molecular formula is C12H15BrN4. The molecule has 17 heavy (non-hydrogen) atoms. The molecule has 0 saturated heterocycles. The molecule has 2 aromatic rings. The van der Waals surface area contributed by atoms with Gasteiger partial charge in [0.1, 0.15) is 0 Å². The van der Waals surface area contributed by atoms with E-state index in [1.807, 2.05) is 44.2 Å². The van der Waals surface area contributed by atoms with Crippen molar-refractivity contribution in [3.8, 4) is 0 Å². The molecule has 0 fully saturated rings. The number of rotatable bonds is 3. The van der Waals surface area contributed by atoms with Crippen molar-refractivity contribution in [1.29, 1.82) is 0 Å². The minimum Gasteiger partial charge on any atom is -0.308 e. The van der Waals surface area contributed by atoms with E-state index in [2.05, 4.69) is 37.4 Å². The first-order valence-electron chi connectivity index (χ1n) is 5.41. The molecule has 0 aliphatic heterocycles. The molecule has 0 radical (unpaired) electrons.